The number of nitrogens with two attached hydrogens (primary N) is 1. The predicted octanol–water partition coefficient (Wildman–Crippen LogP) is 2.35. The average molecular weight is 513 g/mol. The van der Waals surface area contributed by atoms with Crippen molar-refractivity contribution in [2.75, 3.05) is 17.4 Å². The number of carbonyl (C=O) groups excluding carboxylic acids is 3. The first kappa shape index (κ1) is 27.5. The Hall–Kier alpha value is -3.04. The number of aliphatic hydroxyl groups excluding tert-OH is 1. The van der Waals surface area contributed by atoms with Crippen molar-refractivity contribution in [3.63, 3.8) is 0 Å². The van der Waals surface area contributed by atoms with Crippen LogP contribution in [0.3, 0.4) is 0 Å². The van der Waals surface area contributed by atoms with E-state index in [2.05, 4.69) is 10.6 Å². The number of nitrogens with zero attached hydrogens (tertiary/aromatic N) is 1. The summed E-state index contributed by atoms with van der Waals surface area (Å²) in [5.74, 6) is -0.522. The average Bonchev–Trinajstić information content (AvgIpc) is 3.32. The molecule has 1 unspecified atom stereocenters. The molecule has 3 amide bonds. The number of anilines is 1. The van der Waals surface area contributed by atoms with E-state index in [1.807, 2.05) is 58.0 Å². The maximum atomic E-state index is 13.5. The van der Waals surface area contributed by atoms with E-state index in [1.54, 1.807) is 18.2 Å². The quantitative estimate of drug-likeness (QED) is 0.403. The molecule has 2 aromatic rings. The van der Waals surface area contributed by atoms with Crippen LogP contribution in [-0.2, 0) is 22.4 Å². The fraction of sp³-hybridized carbons (Fsp3) is 0.444. The van der Waals surface area contributed by atoms with E-state index in [-0.39, 0.29) is 12.3 Å². The Balaban J connectivity index is 1.85. The molecule has 0 aliphatic carbocycles. The minimum Gasteiger partial charge on any atom is -0.398 e. The standard InChI is InChI=1S/C27H36N4O4S/c1-5-18-19(12-9-13-20(18)28)24(33)29-21(14-17-10-7-6-8-11-17)23(32)26(35)31-16-36-15-22(31)25(34)30-27(2,3)4/h6-13,21-23,32H,5,14-16,28H2,1-4H3,(H,29,33)(H,30,34)/t21-,22?,23-/m0/s1. The van der Waals surface area contributed by atoms with Crippen LogP contribution < -0.4 is 16.4 Å². The monoisotopic (exact) mass is 512 g/mol. The summed E-state index contributed by atoms with van der Waals surface area (Å²) < 4.78 is 0. The highest BCUT2D eigenvalue weighted by Crippen LogP contribution is 2.24. The highest BCUT2D eigenvalue weighted by molar-refractivity contribution is 7.99. The molecule has 3 atom stereocenters. The van der Waals surface area contributed by atoms with Gasteiger partial charge in [-0.1, -0.05) is 43.3 Å². The second kappa shape index (κ2) is 11.8. The molecule has 0 saturated carbocycles. The number of rotatable bonds is 8. The number of amides is 3. The fourth-order valence-electron chi connectivity index (χ4n) is 4.24. The van der Waals surface area contributed by atoms with Crippen molar-refractivity contribution in [2.45, 2.75) is 64.3 Å². The summed E-state index contributed by atoms with van der Waals surface area (Å²) in [4.78, 5) is 41.0. The van der Waals surface area contributed by atoms with Gasteiger partial charge in [0.15, 0.2) is 6.10 Å². The van der Waals surface area contributed by atoms with Gasteiger partial charge in [-0.2, -0.15) is 0 Å². The SMILES string of the molecule is CCc1c(N)cccc1C(=O)N[C@@H](Cc1ccccc1)[C@H](O)C(=O)N1CSCC1C(=O)NC(C)(C)C. The molecule has 1 saturated heterocycles. The number of hydrogen-bond acceptors (Lipinski definition) is 6. The molecular formula is C27H36N4O4S. The van der Waals surface area contributed by atoms with Crippen LogP contribution in [0.1, 0.15) is 49.2 Å². The summed E-state index contributed by atoms with van der Waals surface area (Å²) in [5.41, 5.74) is 8.12. The molecule has 0 bridgehead atoms. The second-order valence-corrected chi connectivity index (χ2v) is 11.0. The van der Waals surface area contributed by atoms with Gasteiger partial charge in [0.25, 0.3) is 11.8 Å². The summed E-state index contributed by atoms with van der Waals surface area (Å²) >= 11 is 1.46. The number of thioether (sulfide) groups is 1. The van der Waals surface area contributed by atoms with Gasteiger partial charge >= 0.3 is 0 Å². The molecule has 2 aromatic carbocycles. The van der Waals surface area contributed by atoms with Gasteiger partial charge in [-0.25, -0.2) is 0 Å². The first-order valence-electron chi connectivity index (χ1n) is 12.1. The third kappa shape index (κ3) is 6.79. The number of benzene rings is 2. The van der Waals surface area contributed by atoms with Crippen molar-refractivity contribution >= 4 is 35.2 Å². The number of hydrogen-bond donors (Lipinski definition) is 4. The Morgan fingerprint density at radius 2 is 1.83 bits per heavy atom. The Morgan fingerprint density at radius 1 is 1.14 bits per heavy atom. The first-order valence-corrected chi connectivity index (χ1v) is 13.3. The molecule has 1 aliphatic rings. The van der Waals surface area contributed by atoms with Crippen molar-refractivity contribution in [1.29, 1.82) is 0 Å². The van der Waals surface area contributed by atoms with E-state index in [9.17, 15) is 19.5 Å². The number of nitrogen functional groups attached to an aromatic ring is 1. The molecular weight excluding hydrogens is 476 g/mol. The molecule has 5 N–H and O–H groups in total. The molecule has 3 rings (SSSR count). The zero-order valence-electron chi connectivity index (χ0n) is 21.3. The van der Waals surface area contributed by atoms with Gasteiger partial charge in [0.2, 0.25) is 5.91 Å². The predicted molar refractivity (Wildman–Crippen MR) is 143 cm³/mol. The lowest BCUT2D eigenvalue weighted by Gasteiger charge is -2.31. The van der Waals surface area contributed by atoms with Gasteiger partial charge in [0.05, 0.1) is 11.9 Å². The zero-order chi connectivity index (χ0) is 26.5. The van der Waals surface area contributed by atoms with Crippen molar-refractivity contribution in [2.24, 2.45) is 0 Å². The Labute approximate surface area is 217 Å². The summed E-state index contributed by atoms with van der Waals surface area (Å²) in [5, 5.41) is 17.0. The molecule has 194 valence electrons. The molecule has 1 aliphatic heterocycles. The van der Waals surface area contributed by atoms with E-state index in [0.29, 0.717) is 34.9 Å². The van der Waals surface area contributed by atoms with Crippen molar-refractivity contribution in [3.8, 4) is 0 Å². The van der Waals surface area contributed by atoms with Crippen LogP contribution in [0.25, 0.3) is 0 Å². The Bertz CT molecular complexity index is 1090. The van der Waals surface area contributed by atoms with Gasteiger partial charge in [0.1, 0.15) is 6.04 Å². The third-order valence-electron chi connectivity index (χ3n) is 6.03. The highest BCUT2D eigenvalue weighted by atomic mass is 32.2. The molecule has 36 heavy (non-hydrogen) atoms. The van der Waals surface area contributed by atoms with Crippen LogP contribution in [0.2, 0.25) is 0 Å². The third-order valence-corrected chi connectivity index (χ3v) is 7.04. The fourth-order valence-corrected chi connectivity index (χ4v) is 5.40. The normalized spacial score (nSPS) is 17.4. The van der Waals surface area contributed by atoms with Crippen LogP contribution in [0.4, 0.5) is 5.69 Å². The zero-order valence-corrected chi connectivity index (χ0v) is 22.1. The number of carbonyl (C=O) groups is 3. The molecule has 0 aromatic heterocycles. The van der Waals surface area contributed by atoms with E-state index >= 15 is 0 Å². The molecule has 8 nitrogen and oxygen atoms in total. The lowest BCUT2D eigenvalue weighted by Crippen LogP contribution is -2.57. The van der Waals surface area contributed by atoms with Crippen LogP contribution in [0, 0.1) is 0 Å². The lowest BCUT2D eigenvalue weighted by molar-refractivity contribution is -0.146. The van der Waals surface area contributed by atoms with Crippen LogP contribution in [0.5, 0.6) is 0 Å². The maximum Gasteiger partial charge on any atom is 0.254 e. The van der Waals surface area contributed by atoms with Crippen LogP contribution in [0.15, 0.2) is 48.5 Å². The number of nitrogens with one attached hydrogen (secondary N) is 2. The van der Waals surface area contributed by atoms with Gasteiger partial charge in [-0.3, -0.25) is 14.4 Å². The Kier molecular flexibility index (Phi) is 9.03. The summed E-state index contributed by atoms with van der Waals surface area (Å²) in [7, 11) is 0. The summed E-state index contributed by atoms with van der Waals surface area (Å²) in [6, 6.07) is 12.9. The summed E-state index contributed by atoms with van der Waals surface area (Å²) in [6.45, 7) is 7.54. The first-order chi connectivity index (χ1) is 17.0. The molecule has 1 fully saturated rings. The summed E-state index contributed by atoms with van der Waals surface area (Å²) in [6.07, 6.45) is -0.734. The van der Waals surface area contributed by atoms with E-state index in [1.165, 1.54) is 16.7 Å². The van der Waals surface area contributed by atoms with Crippen LogP contribution >= 0.6 is 11.8 Å². The van der Waals surface area contributed by atoms with Gasteiger partial charge < -0.3 is 26.4 Å². The van der Waals surface area contributed by atoms with Crippen molar-refractivity contribution < 1.29 is 19.5 Å². The molecule has 0 spiro atoms. The van der Waals surface area contributed by atoms with Gasteiger partial charge in [0, 0.05) is 22.5 Å². The van der Waals surface area contributed by atoms with Crippen molar-refractivity contribution in [3.05, 3.63) is 65.2 Å². The van der Waals surface area contributed by atoms with E-state index in [0.717, 1.165) is 5.56 Å². The minimum absolute atomic E-state index is 0.239. The smallest absolute Gasteiger partial charge is 0.254 e. The van der Waals surface area contributed by atoms with Gasteiger partial charge in [-0.05, 0) is 56.9 Å². The number of aliphatic hydroxyl groups is 1. The Morgan fingerprint density at radius 3 is 2.47 bits per heavy atom. The van der Waals surface area contributed by atoms with E-state index in [4.69, 9.17) is 5.73 Å². The van der Waals surface area contributed by atoms with E-state index < -0.39 is 35.5 Å². The lowest BCUT2D eigenvalue weighted by atomic mass is 9.98. The molecule has 9 heteroatoms. The molecule has 0 radical (unpaired) electrons. The largest absolute Gasteiger partial charge is 0.398 e. The van der Waals surface area contributed by atoms with Crippen LogP contribution in [-0.4, -0.2) is 63.1 Å². The highest BCUT2D eigenvalue weighted by Gasteiger charge is 2.40. The molecule has 1 heterocycles. The van der Waals surface area contributed by atoms with Crippen molar-refractivity contribution in [1.82, 2.24) is 15.5 Å². The topological polar surface area (TPSA) is 125 Å². The second-order valence-electron chi connectivity index (χ2n) is 10.0. The van der Waals surface area contributed by atoms with Gasteiger partial charge in [-0.15, -0.1) is 11.8 Å². The minimum atomic E-state index is -1.54. The maximum absolute atomic E-state index is 13.5.